The summed E-state index contributed by atoms with van der Waals surface area (Å²) in [5, 5.41) is 12.0. The minimum absolute atomic E-state index is 0.389. The van der Waals surface area contributed by atoms with Crippen molar-refractivity contribution in [1.82, 2.24) is 24.9 Å². The number of rotatable bonds is 3. The number of nitrogens with two attached hydrogens (primary N) is 1. The maximum atomic E-state index is 5.52. The molecule has 2 aromatic heterocycles. The lowest BCUT2D eigenvalue weighted by Gasteiger charge is -1.97. The average Bonchev–Trinajstić information content (AvgIpc) is 2.77. The third-order valence-electron chi connectivity index (χ3n) is 1.61. The molecule has 0 atom stereocenters. The molecule has 14 heavy (non-hydrogen) atoms. The lowest BCUT2D eigenvalue weighted by atomic mass is 10.7. The fourth-order valence-electron chi connectivity index (χ4n) is 0.837. The predicted octanol–water partition coefficient (Wildman–Crippen LogP) is 0.0726. The molecule has 0 radical (unpaired) electrons. The topological polar surface area (TPSA) is 95.7 Å². The molecule has 2 N–H and O–H groups in total. The van der Waals surface area contributed by atoms with Crippen LogP contribution >= 0.6 is 11.8 Å². The molecule has 0 bridgehead atoms. The van der Waals surface area contributed by atoms with Crippen molar-refractivity contribution in [3.63, 3.8) is 0 Å². The Labute approximate surface area is 83.7 Å². The van der Waals surface area contributed by atoms with Gasteiger partial charge in [0.25, 0.3) is 0 Å². The molecule has 0 fully saturated rings. The van der Waals surface area contributed by atoms with Gasteiger partial charge in [0.2, 0.25) is 12.3 Å². The van der Waals surface area contributed by atoms with Crippen molar-refractivity contribution in [2.45, 2.75) is 10.9 Å². The molecule has 0 amide bonds. The van der Waals surface area contributed by atoms with E-state index in [-0.39, 0.29) is 0 Å². The van der Waals surface area contributed by atoms with Gasteiger partial charge in [-0.25, -0.2) is 0 Å². The van der Waals surface area contributed by atoms with Crippen molar-refractivity contribution in [2.75, 3.05) is 5.73 Å². The zero-order valence-electron chi connectivity index (χ0n) is 7.41. The molecule has 7 nitrogen and oxygen atoms in total. The van der Waals surface area contributed by atoms with Crippen molar-refractivity contribution in [1.29, 1.82) is 0 Å². The molecule has 0 aromatic carbocycles. The van der Waals surface area contributed by atoms with Crippen LogP contribution < -0.4 is 5.73 Å². The van der Waals surface area contributed by atoms with Gasteiger partial charge in [0, 0.05) is 7.05 Å². The van der Waals surface area contributed by atoms with Gasteiger partial charge in [-0.15, -0.1) is 10.2 Å². The maximum absolute atomic E-state index is 5.52. The Morgan fingerprint density at radius 2 is 2.43 bits per heavy atom. The summed E-state index contributed by atoms with van der Waals surface area (Å²) in [5.41, 5.74) is 5.52. The first-order chi connectivity index (χ1) is 6.77. The van der Waals surface area contributed by atoms with E-state index in [1.54, 1.807) is 11.6 Å². The normalized spacial score (nSPS) is 10.6. The molecule has 0 spiro atoms. The summed E-state index contributed by atoms with van der Waals surface area (Å²) < 4.78 is 6.30. The molecule has 2 aromatic rings. The highest BCUT2D eigenvalue weighted by atomic mass is 32.2. The minimum atomic E-state index is 0.389. The van der Waals surface area contributed by atoms with Crippen LogP contribution in [0.4, 0.5) is 5.95 Å². The molecular formula is C6H8N6OS. The van der Waals surface area contributed by atoms with Crippen LogP contribution in [0.2, 0.25) is 0 Å². The standard InChI is InChI=1S/C6H8N6OS/c1-12-5(7)9-10-6(12)14-2-4-8-3-13-11-4/h3H,2H2,1H3,(H2,7,9). The average molecular weight is 212 g/mol. The van der Waals surface area contributed by atoms with E-state index in [1.165, 1.54) is 18.2 Å². The van der Waals surface area contributed by atoms with Gasteiger partial charge in [-0.1, -0.05) is 16.9 Å². The van der Waals surface area contributed by atoms with Crippen LogP contribution in [-0.4, -0.2) is 24.9 Å². The molecule has 0 saturated heterocycles. The van der Waals surface area contributed by atoms with E-state index >= 15 is 0 Å². The van der Waals surface area contributed by atoms with Crippen molar-refractivity contribution >= 4 is 17.7 Å². The van der Waals surface area contributed by atoms with Gasteiger partial charge in [0.05, 0.1) is 5.75 Å². The Kier molecular flexibility index (Phi) is 2.35. The number of nitrogen functional groups attached to an aromatic ring is 1. The van der Waals surface area contributed by atoms with E-state index in [4.69, 9.17) is 5.73 Å². The van der Waals surface area contributed by atoms with Crippen molar-refractivity contribution in [3.05, 3.63) is 12.2 Å². The number of hydrogen-bond donors (Lipinski definition) is 1. The fourth-order valence-corrected chi connectivity index (χ4v) is 1.61. The molecule has 74 valence electrons. The Hall–Kier alpha value is -1.57. The maximum Gasteiger partial charge on any atom is 0.222 e. The minimum Gasteiger partial charge on any atom is -0.368 e. The lowest BCUT2D eigenvalue weighted by molar-refractivity contribution is 0.412. The van der Waals surface area contributed by atoms with E-state index in [0.717, 1.165) is 5.16 Å². The zero-order valence-corrected chi connectivity index (χ0v) is 8.23. The highest BCUT2D eigenvalue weighted by molar-refractivity contribution is 7.98. The highest BCUT2D eigenvalue weighted by Crippen LogP contribution is 2.19. The second-order valence-corrected chi connectivity index (χ2v) is 3.48. The third-order valence-corrected chi connectivity index (χ3v) is 2.62. The largest absolute Gasteiger partial charge is 0.368 e. The van der Waals surface area contributed by atoms with E-state index in [2.05, 4.69) is 24.9 Å². The zero-order chi connectivity index (χ0) is 9.97. The molecule has 2 rings (SSSR count). The fraction of sp³-hybridized carbons (Fsp3) is 0.333. The van der Waals surface area contributed by atoms with Gasteiger partial charge in [0.15, 0.2) is 11.0 Å². The second kappa shape index (κ2) is 3.66. The first-order valence-electron chi connectivity index (χ1n) is 3.80. The quantitative estimate of drug-likeness (QED) is 0.719. The van der Waals surface area contributed by atoms with Gasteiger partial charge in [0.1, 0.15) is 0 Å². The Balaban J connectivity index is 2.02. The van der Waals surface area contributed by atoms with Gasteiger partial charge < -0.3 is 10.3 Å². The highest BCUT2D eigenvalue weighted by Gasteiger charge is 2.07. The molecule has 0 aliphatic heterocycles. The Morgan fingerprint density at radius 3 is 3.00 bits per heavy atom. The Bertz CT molecular complexity index is 410. The Morgan fingerprint density at radius 1 is 1.57 bits per heavy atom. The van der Waals surface area contributed by atoms with E-state index in [1.807, 2.05) is 0 Å². The number of hydrogen-bond acceptors (Lipinski definition) is 7. The SMILES string of the molecule is Cn1c(N)nnc1SCc1ncon1. The summed E-state index contributed by atoms with van der Waals surface area (Å²) in [6.07, 6.45) is 1.29. The molecule has 0 aliphatic carbocycles. The second-order valence-electron chi connectivity index (χ2n) is 2.54. The van der Waals surface area contributed by atoms with Crippen LogP contribution in [0.25, 0.3) is 0 Å². The summed E-state index contributed by atoms with van der Waals surface area (Å²) in [5.74, 6) is 1.60. The molecule has 0 aliphatic rings. The number of anilines is 1. The number of thioether (sulfide) groups is 1. The van der Waals surface area contributed by atoms with Crippen LogP contribution in [0.5, 0.6) is 0 Å². The molecule has 2 heterocycles. The van der Waals surface area contributed by atoms with E-state index < -0.39 is 0 Å². The van der Waals surface area contributed by atoms with Crippen molar-refractivity contribution in [3.8, 4) is 0 Å². The molecule has 0 saturated carbocycles. The molecule has 8 heteroatoms. The number of aromatic nitrogens is 5. The molecule has 0 unspecified atom stereocenters. The summed E-state index contributed by atoms with van der Waals surface area (Å²) in [4.78, 5) is 3.88. The summed E-state index contributed by atoms with van der Waals surface area (Å²) >= 11 is 1.45. The van der Waals surface area contributed by atoms with E-state index in [0.29, 0.717) is 17.5 Å². The van der Waals surface area contributed by atoms with Crippen molar-refractivity contribution < 1.29 is 4.52 Å². The van der Waals surface area contributed by atoms with Crippen LogP contribution in [0, 0.1) is 0 Å². The van der Waals surface area contributed by atoms with Crippen LogP contribution in [-0.2, 0) is 12.8 Å². The monoisotopic (exact) mass is 212 g/mol. The van der Waals surface area contributed by atoms with Crippen LogP contribution in [0.1, 0.15) is 5.82 Å². The smallest absolute Gasteiger partial charge is 0.222 e. The number of nitrogens with zero attached hydrogens (tertiary/aromatic N) is 5. The van der Waals surface area contributed by atoms with Crippen molar-refractivity contribution in [2.24, 2.45) is 7.05 Å². The van der Waals surface area contributed by atoms with Crippen LogP contribution in [0.3, 0.4) is 0 Å². The first kappa shape index (κ1) is 9.00. The molecular weight excluding hydrogens is 204 g/mol. The van der Waals surface area contributed by atoms with Gasteiger partial charge in [-0.2, -0.15) is 4.98 Å². The third kappa shape index (κ3) is 1.69. The van der Waals surface area contributed by atoms with Gasteiger partial charge in [-0.3, -0.25) is 4.57 Å². The summed E-state index contributed by atoms with van der Waals surface area (Å²) in [7, 11) is 1.80. The van der Waals surface area contributed by atoms with Gasteiger partial charge in [-0.05, 0) is 0 Å². The van der Waals surface area contributed by atoms with E-state index in [9.17, 15) is 0 Å². The first-order valence-corrected chi connectivity index (χ1v) is 4.79. The predicted molar refractivity (Wildman–Crippen MR) is 49.3 cm³/mol. The summed E-state index contributed by atoms with van der Waals surface area (Å²) in [6, 6.07) is 0. The summed E-state index contributed by atoms with van der Waals surface area (Å²) in [6.45, 7) is 0. The van der Waals surface area contributed by atoms with Gasteiger partial charge >= 0.3 is 0 Å². The van der Waals surface area contributed by atoms with Crippen LogP contribution in [0.15, 0.2) is 16.1 Å². The lowest BCUT2D eigenvalue weighted by Crippen LogP contribution is -1.98.